The number of alkyl carbamates (subject to hydrolysis) is 1. The van der Waals surface area contributed by atoms with Gasteiger partial charge in [0.25, 0.3) is 5.91 Å². The lowest BCUT2D eigenvalue weighted by molar-refractivity contribution is 0.0698. The molecule has 0 atom stereocenters. The fourth-order valence-corrected chi connectivity index (χ4v) is 5.32. The van der Waals surface area contributed by atoms with Crippen LogP contribution in [0, 0.1) is 0 Å². The van der Waals surface area contributed by atoms with E-state index in [9.17, 15) is 9.59 Å². The van der Waals surface area contributed by atoms with Crippen molar-refractivity contribution in [2.45, 2.75) is 50.6 Å². The topological polar surface area (TPSA) is 114 Å². The van der Waals surface area contributed by atoms with Crippen LogP contribution in [0.4, 0.5) is 10.6 Å². The first-order chi connectivity index (χ1) is 16.1. The first kappa shape index (κ1) is 21.6. The van der Waals surface area contributed by atoms with Gasteiger partial charge in [-0.2, -0.15) is 5.10 Å². The summed E-state index contributed by atoms with van der Waals surface area (Å²) in [7, 11) is 1.35. The van der Waals surface area contributed by atoms with Crippen LogP contribution in [0.3, 0.4) is 0 Å². The van der Waals surface area contributed by atoms with Crippen LogP contribution in [0.1, 0.15) is 49.0 Å². The first-order valence-electron chi connectivity index (χ1n) is 11.3. The number of ether oxygens (including phenoxy) is 1. The Balaban J connectivity index is 1.39. The van der Waals surface area contributed by atoms with Crippen LogP contribution < -0.4 is 10.6 Å². The minimum absolute atomic E-state index is 0.00147. The molecule has 10 nitrogen and oxygen atoms in total. The molecule has 4 heterocycles. The number of fused-ring (bicyclic) bond motifs is 1. The Bertz CT molecular complexity index is 1150. The van der Waals surface area contributed by atoms with E-state index >= 15 is 0 Å². The minimum atomic E-state index is -0.441. The monoisotopic (exact) mass is 469 g/mol. The van der Waals surface area contributed by atoms with E-state index in [-0.39, 0.29) is 11.9 Å². The van der Waals surface area contributed by atoms with Crippen LogP contribution in [0.2, 0.25) is 0 Å². The molecule has 2 fully saturated rings. The summed E-state index contributed by atoms with van der Waals surface area (Å²) < 4.78 is 6.47. The highest BCUT2D eigenvalue weighted by Gasteiger charge is 2.27. The van der Waals surface area contributed by atoms with Crippen molar-refractivity contribution >= 4 is 34.0 Å². The van der Waals surface area contributed by atoms with Gasteiger partial charge in [-0.15, -0.1) is 11.3 Å². The molecule has 3 aromatic rings. The SMILES string of the molecule is COC(=O)NC1CCN(C(=O)c2cc(NC3CCCC3)nc(-c3cnn4ccsc34)n2)CC1. The zero-order valence-electron chi connectivity index (χ0n) is 18.5. The van der Waals surface area contributed by atoms with Gasteiger partial charge in [-0.1, -0.05) is 12.8 Å². The third kappa shape index (κ3) is 4.63. The summed E-state index contributed by atoms with van der Waals surface area (Å²) in [6.45, 7) is 1.09. The number of piperidine rings is 1. The normalized spacial score (nSPS) is 17.4. The van der Waals surface area contributed by atoms with E-state index in [2.05, 4.69) is 25.5 Å². The quantitative estimate of drug-likeness (QED) is 0.590. The molecule has 0 spiro atoms. The van der Waals surface area contributed by atoms with E-state index < -0.39 is 6.09 Å². The number of carbonyl (C=O) groups excluding carboxylic acids is 2. The van der Waals surface area contributed by atoms with Gasteiger partial charge in [0.15, 0.2) is 5.82 Å². The second-order valence-corrected chi connectivity index (χ2v) is 9.40. The molecule has 1 saturated carbocycles. The van der Waals surface area contributed by atoms with Crippen LogP contribution in [0.5, 0.6) is 0 Å². The van der Waals surface area contributed by atoms with Crippen molar-refractivity contribution < 1.29 is 14.3 Å². The molecule has 1 aliphatic carbocycles. The minimum Gasteiger partial charge on any atom is -0.453 e. The molecule has 2 N–H and O–H groups in total. The Labute approximate surface area is 195 Å². The van der Waals surface area contributed by atoms with E-state index in [4.69, 9.17) is 4.98 Å². The highest BCUT2D eigenvalue weighted by molar-refractivity contribution is 7.16. The average Bonchev–Trinajstić information content (AvgIpc) is 3.58. The summed E-state index contributed by atoms with van der Waals surface area (Å²) in [5, 5.41) is 12.7. The zero-order valence-corrected chi connectivity index (χ0v) is 19.3. The van der Waals surface area contributed by atoms with Crippen molar-refractivity contribution in [3.8, 4) is 11.4 Å². The molecule has 3 aromatic heterocycles. The number of nitrogens with one attached hydrogen (secondary N) is 2. The number of hydrogen-bond donors (Lipinski definition) is 2. The molecule has 11 heteroatoms. The smallest absolute Gasteiger partial charge is 0.407 e. The van der Waals surface area contributed by atoms with Gasteiger partial charge in [-0.05, 0) is 25.7 Å². The molecule has 1 aliphatic heterocycles. The maximum Gasteiger partial charge on any atom is 0.407 e. The molecular formula is C22H27N7O3S. The first-order valence-corrected chi connectivity index (χ1v) is 12.2. The van der Waals surface area contributed by atoms with Crippen molar-refractivity contribution in [2.24, 2.45) is 0 Å². The number of thiazole rings is 1. The van der Waals surface area contributed by atoms with Crippen LogP contribution in [0.25, 0.3) is 16.2 Å². The second kappa shape index (κ2) is 9.34. The van der Waals surface area contributed by atoms with Gasteiger partial charge >= 0.3 is 6.09 Å². The number of aromatic nitrogens is 4. The standard InChI is InChI=1S/C22H27N7O3S/c1-32-22(31)25-15-6-8-28(9-7-15)20(30)17-12-18(24-14-4-2-3-5-14)27-19(26-17)16-13-23-29-10-11-33-21(16)29/h10-15H,2-9H2,1H3,(H,25,31)(H,24,26,27). The van der Waals surface area contributed by atoms with E-state index in [1.54, 1.807) is 33.0 Å². The van der Waals surface area contributed by atoms with Gasteiger partial charge in [0.05, 0.1) is 18.9 Å². The fraction of sp³-hybridized carbons (Fsp3) is 0.500. The summed E-state index contributed by atoms with van der Waals surface area (Å²) in [6.07, 6.45) is 9.16. The van der Waals surface area contributed by atoms with Gasteiger partial charge in [0.1, 0.15) is 16.3 Å². The number of amides is 2. The van der Waals surface area contributed by atoms with Crippen LogP contribution >= 0.6 is 11.3 Å². The summed E-state index contributed by atoms with van der Waals surface area (Å²) >= 11 is 1.56. The van der Waals surface area contributed by atoms with E-state index in [0.717, 1.165) is 23.2 Å². The van der Waals surface area contributed by atoms with Gasteiger partial charge in [-0.3, -0.25) is 4.79 Å². The lowest BCUT2D eigenvalue weighted by Crippen LogP contribution is -2.46. The summed E-state index contributed by atoms with van der Waals surface area (Å²) in [5.74, 6) is 1.05. The van der Waals surface area contributed by atoms with E-state index in [1.165, 1.54) is 20.0 Å². The van der Waals surface area contributed by atoms with Gasteiger partial charge in [-0.25, -0.2) is 19.3 Å². The predicted octanol–water partition coefficient (Wildman–Crippen LogP) is 3.17. The summed E-state index contributed by atoms with van der Waals surface area (Å²) in [5.41, 5.74) is 1.19. The van der Waals surface area contributed by atoms with Gasteiger partial charge in [0.2, 0.25) is 0 Å². The summed E-state index contributed by atoms with van der Waals surface area (Å²) in [6, 6.07) is 2.13. The van der Waals surface area contributed by atoms with Gasteiger partial charge < -0.3 is 20.3 Å². The largest absolute Gasteiger partial charge is 0.453 e. The Hall–Kier alpha value is -3.21. The predicted molar refractivity (Wildman–Crippen MR) is 124 cm³/mol. The lowest BCUT2D eigenvalue weighted by Gasteiger charge is -2.32. The van der Waals surface area contributed by atoms with Crippen LogP contribution in [-0.2, 0) is 4.74 Å². The number of anilines is 1. The van der Waals surface area contributed by atoms with Crippen molar-refractivity contribution in [1.29, 1.82) is 0 Å². The van der Waals surface area contributed by atoms with E-state index in [0.29, 0.717) is 49.3 Å². The molecule has 0 bridgehead atoms. The molecule has 0 unspecified atom stereocenters. The number of hydrogen-bond acceptors (Lipinski definition) is 8. The average molecular weight is 470 g/mol. The third-order valence-corrected chi connectivity index (χ3v) is 7.20. The highest BCUT2D eigenvalue weighted by Crippen LogP contribution is 2.28. The molecular weight excluding hydrogens is 442 g/mol. The fourth-order valence-electron chi connectivity index (χ4n) is 4.53. The number of likely N-dealkylation sites (tertiary alicyclic amines) is 1. The van der Waals surface area contributed by atoms with Crippen molar-refractivity contribution in [3.63, 3.8) is 0 Å². The molecule has 1 saturated heterocycles. The maximum absolute atomic E-state index is 13.4. The Morgan fingerprint density at radius 2 is 1.91 bits per heavy atom. The van der Waals surface area contributed by atoms with Crippen molar-refractivity contribution in [1.82, 2.24) is 29.8 Å². The van der Waals surface area contributed by atoms with Crippen molar-refractivity contribution in [3.05, 3.63) is 29.5 Å². The lowest BCUT2D eigenvalue weighted by atomic mass is 10.0. The van der Waals surface area contributed by atoms with Crippen LogP contribution in [-0.4, -0.2) is 68.8 Å². The van der Waals surface area contributed by atoms with E-state index in [1.807, 2.05) is 11.6 Å². The number of methoxy groups -OCH3 is 1. The Kier molecular flexibility index (Phi) is 6.12. The molecule has 0 aromatic carbocycles. The molecule has 2 aliphatic rings. The molecule has 174 valence electrons. The van der Waals surface area contributed by atoms with Gasteiger partial charge in [0, 0.05) is 42.8 Å². The molecule has 0 radical (unpaired) electrons. The van der Waals surface area contributed by atoms with Crippen molar-refractivity contribution in [2.75, 3.05) is 25.5 Å². The maximum atomic E-state index is 13.4. The Morgan fingerprint density at radius 3 is 2.67 bits per heavy atom. The molecule has 33 heavy (non-hydrogen) atoms. The number of rotatable bonds is 5. The highest BCUT2D eigenvalue weighted by atomic mass is 32.1. The van der Waals surface area contributed by atoms with Crippen LogP contribution in [0.15, 0.2) is 23.8 Å². The second-order valence-electron chi connectivity index (χ2n) is 8.50. The number of carbonyl (C=O) groups is 2. The Morgan fingerprint density at radius 1 is 1.12 bits per heavy atom. The zero-order chi connectivity index (χ0) is 22.8. The third-order valence-electron chi connectivity index (χ3n) is 6.31. The molecule has 2 amide bonds. The summed E-state index contributed by atoms with van der Waals surface area (Å²) in [4.78, 5) is 37.0. The number of nitrogens with zero attached hydrogens (tertiary/aromatic N) is 5. The molecule has 5 rings (SSSR count).